The molecule has 0 aromatic rings. The molecule has 0 unspecified atom stereocenters. The Kier molecular flexibility index (Phi) is 12.8. The van der Waals surface area contributed by atoms with Crippen LogP contribution in [-0.2, 0) is 10.1 Å². The molecule has 3 nitrogen and oxygen atoms in total. The average Bonchev–Trinajstić information content (AvgIpc) is 2.43. The van der Waals surface area contributed by atoms with E-state index < -0.39 is 16.1 Å². The molecule has 0 bridgehead atoms. The van der Waals surface area contributed by atoms with E-state index in [2.05, 4.69) is 20.8 Å². The summed E-state index contributed by atoms with van der Waals surface area (Å²) < 4.78 is 30.5. The van der Waals surface area contributed by atoms with Crippen LogP contribution in [0.2, 0.25) is 5.32 Å². The minimum absolute atomic E-state index is 0.0515. The predicted octanol–water partition coefficient (Wildman–Crippen LogP) is 4.72. The van der Waals surface area contributed by atoms with Gasteiger partial charge in [0.2, 0.25) is 0 Å². The number of unbranched alkanes of at least 4 members (excludes halogenated alkanes) is 3. The Labute approximate surface area is 138 Å². The van der Waals surface area contributed by atoms with Gasteiger partial charge in [-0.1, -0.05) is 0 Å². The third-order valence-electron chi connectivity index (χ3n) is 3.67. The molecule has 6 heteroatoms. The molecular formula is C15H34O3PSSe+. The molecule has 0 radical (unpaired) electrons. The summed E-state index contributed by atoms with van der Waals surface area (Å²) in [7, 11) is -3.77. The van der Waals surface area contributed by atoms with Crippen LogP contribution in [0.15, 0.2) is 0 Å². The van der Waals surface area contributed by atoms with Gasteiger partial charge in [-0.15, -0.1) is 0 Å². The second-order valence-electron chi connectivity index (χ2n) is 5.76. The molecule has 0 spiro atoms. The van der Waals surface area contributed by atoms with E-state index >= 15 is 0 Å². The van der Waals surface area contributed by atoms with Gasteiger partial charge in [0, 0.05) is 0 Å². The van der Waals surface area contributed by atoms with Crippen molar-refractivity contribution in [2.45, 2.75) is 71.0 Å². The Bertz CT molecular complexity index is 325. The van der Waals surface area contributed by atoms with Crippen molar-refractivity contribution in [3.8, 4) is 0 Å². The fourth-order valence-electron chi connectivity index (χ4n) is 2.37. The molecular weight excluding hydrogens is 370 g/mol. The van der Waals surface area contributed by atoms with E-state index in [1.165, 1.54) is 57.0 Å². The van der Waals surface area contributed by atoms with E-state index in [0.29, 0.717) is 20.9 Å². The molecule has 21 heavy (non-hydrogen) atoms. The third-order valence-corrected chi connectivity index (χ3v) is 17.2. The molecule has 0 aromatic carbocycles. The maximum absolute atomic E-state index is 10.8. The Morgan fingerprint density at radius 2 is 1.29 bits per heavy atom. The van der Waals surface area contributed by atoms with Crippen LogP contribution >= 0.6 is 5.95 Å². The van der Waals surface area contributed by atoms with Crippen LogP contribution in [0, 0.1) is 0 Å². The summed E-state index contributed by atoms with van der Waals surface area (Å²) in [5, 5.41) is 1.03. The first-order valence-corrected chi connectivity index (χ1v) is 15.7. The standard InChI is InChI=1S/C15H33O3PSSe/c1-4-7-11-19(12-8-5-2,13-9-6-3)21-15-10-14-20(16,17)18/h4-15H2,1-3H3/p+1. The summed E-state index contributed by atoms with van der Waals surface area (Å²) in [6, 6.07) is 0. The van der Waals surface area contributed by atoms with Gasteiger partial charge in [-0.2, -0.15) is 0 Å². The van der Waals surface area contributed by atoms with Crippen LogP contribution in [0.4, 0.5) is 0 Å². The summed E-state index contributed by atoms with van der Waals surface area (Å²) in [5.41, 5.74) is 0. The van der Waals surface area contributed by atoms with E-state index in [4.69, 9.17) is 4.55 Å². The third kappa shape index (κ3) is 12.0. The molecule has 0 amide bonds. The van der Waals surface area contributed by atoms with Crippen molar-refractivity contribution in [1.29, 1.82) is 0 Å². The van der Waals surface area contributed by atoms with Crippen molar-refractivity contribution in [3.63, 3.8) is 0 Å². The van der Waals surface area contributed by atoms with E-state index in [9.17, 15) is 8.42 Å². The van der Waals surface area contributed by atoms with Crippen molar-refractivity contribution < 1.29 is 13.0 Å². The molecule has 0 saturated carbocycles. The van der Waals surface area contributed by atoms with E-state index in [0.717, 1.165) is 5.32 Å². The van der Waals surface area contributed by atoms with Gasteiger partial charge >= 0.3 is 139 Å². The fourth-order valence-corrected chi connectivity index (χ4v) is 16.0. The summed E-state index contributed by atoms with van der Waals surface area (Å²) in [6.07, 6.45) is 12.7. The number of hydrogen-bond donors (Lipinski definition) is 1. The molecule has 0 fully saturated rings. The predicted molar refractivity (Wildman–Crippen MR) is 97.8 cm³/mol. The topological polar surface area (TPSA) is 54.4 Å². The molecule has 0 saturated heterocycles. The molecule has 0 rings (SSSR count). The summed E-state index contributed by atoms with van der Waals surface area (Å²) in [5.74, 6) is -0.893. The Morgan fingerprint density at radius 3 is 1.62 bits per heavy atom. The van der Waals surface area contributed by atoms with E-state index in [-0.39, 0.29) is 5.75 Å². The molecule has 0 atom stereocenters. The van der Waals surface area contributed by atoms with Gasteiger partial charge in [-0.25, -0.2) is 0 Å². The van der Waals surface area contributed by atoms with Crippen LogP contribution in [0.3, 0.4) is 0 Å². The quantitative estimate of drug-likeness (QED) is 0.197. The first-order valence-electron chi connectivity index (χ1n) is 8.35. The fraction of sp³-hybridized carbons (Fsp3) is 1.00. The van der Waals surface area contributed by atoms with E-state index in [1.807, 2.05) is 0 Å². The van der Waals surface area contributed by atoms with Gasteiger partial charge in [-0.3, -0.25) is 0 Å². The van der Waals surface area contributed by atoms with Crippen LogP contribution in [0.25, 0.3) is 0 Å². The maximum atomic E-state index is 10.8. The zero-order valence-electron chi connectivity index (χ0n) is 14.0. The molecule has 0 aliphatic heterocycles. The van der Waals surface area contributed by atoms with Crippen LogP contribution < -0.4 is 0 Å². The monoisotopic (exact) mass is 405 g/mol. The van der Waals surface area contributed by atoms with Crippen LogP contribution in [0.5, 0.6) is 0 Å². The molecule has 0 aromatic heterocycles. The first-order chi connectivity index (χ1) is 9.89. The SMILES string of the molecule is CCCC[P+](CCCC)(CCCC)[Se]CCCS(=O)(=O)O. The second kappa shape index (κ2) is 12.3. The summed E-state index contributed by atoms with van der Waals surface area (Å²) in [4.78, 5) is 0. The zero-order chi connectivity index (χ0) is 16.2. The summed E-state index contributed by atoms with van der Waals surface area (Å²) in [6.45, 7) is 6.79. The van der Waals surface area contributed by atoms with Crippen molar-refractivity contribution >= 4 is 30.6 Å². The average molecular weight is 404 g/mol. The molecule has 0 aliphatic carbocycles. The molecule has 1 N–H and O–H groups in total. The van der Waals surface area contributed by atoms with Gasteiger partial charge in [-0.05, 0) is 0 Å². The normalized spacial score (nSPS) is 12.8. The van der Waals surface area contributed by atoms with Gasteiger partial charge in [0.05, 0.1) is 0 Å². The van der Waals surface area contributed by atoms with Crippen molar-refractivity contribution in [2.24, 2.45) is 0 Å². The van der Waals surface area contributed by atoms with Gasteiger partial charge in [0.1, 0.15) is 0 Å². The zero-order valence-corrected chi connectivity index (χ0v) is 17.4. The number of hydrogen-bond acceptors (Lipinski definition) is 2. The Hall–Kier alpha value is 0.859. The molecule has 0 aliphatic rings. The first kappa shape index (κ1) is 21.9. The molecule has 128 valence electrons. The number of rotatable bonds is 14. The van der Waals surface area contributed by atoms with Crippen LogP contribution in [0.1, 0.15) is 65.7 Å². The van der Waals surface area contributed by atoms with Gasteiger partial charge in [0.15, 0.2) is 0 Å². The molecule has 0 heterocycles. The van der Waals surface area contributed by atoms with Crippen molar-refractivity contribution in [1.82, 2.24) is 0 Å². The minimum atomic E-state index is -3.77. The van der Waals surface area contributed by atoms with Crippen LogP contribution in [-0.4, -0.2) is 51.7 Å². The Morgan fingerprint density at radius 1 is 0.857 bits per heavy atom. The van der Waals surface area contributed by atoms with E-state index in [1.54, 1.807) is 0 Å². The second-order valence-corrected chi connectivity index (χ2v) is 18.4. The van der Waals surface area contributed by atoms with Crippen molar-refractivity contribution in [3.05, 3.63) is 0 Å². The van der Waals surface area contributed by atoms with Crippen molar-refractivity contribution in [2.75, 3.05) is 24.2 Å². The Balaban J connectivity index is 4.54. The van der Waals surface area contributed by atoms with Gasteiger partial charge in [0.25, 0.3) is 0 Å². The van der Waals surface area contributed by atoms with Gasteiger partial charge < -0.3 is 0 Å². The summed E-state index contributed by atoms with van der Waals surface area (Å²) >= 11 is 0.594.